The summed E-state index contributed by atoms with van der Waals surface area (Å²) in [6.07, 6.45) is 6.81. The van der Waals surface area contributed by atoms with E-state index in [1.807, 2.05) is 23.1 Å². The zero-order chi connectivity index (χ0) is 25.3. The van der Waals surface area contributed by atoms with E-state index in [1.54, 1.807) is 37.8 Å². The van der Waals surface area contributed by atoms with Crippen LogP contribution >= 0.6 is 0 Å². The van der Waals surface area contributed by atoms with E-state index >= 15 is 0 Å². The van der Waals surface area contributed by atoms with Gasteiger partial charge in [-0.05, 0) is 36.8 Å². The number of anilines is 2. The summed E-state index contributed by atoms with van der Waals surface area (Å²) >= 11 is 0. The topological polar surface area (TPSA) is 140 Å². The molecule has 186 valence electrons. The fourth-order valence-corrected chi connectivity index (χ4v) is 3.95. The maximum absolute atomic E-state index is 12.7. The number of nitriles is 1. The van der Waals surface area contributed by atoms with Gasteiger partial charge in [-0.3, -0.25) is 14.6 Å². The van der Waals surface area contributed by atoms with Crippen LogP contribution < -0.4 is 15.8 Å². The largest absolute Gasteiger partial charge is 0.378 e. The highest BCUT2D eigenvalue weighted by Crippen LogP contribution is 2.20. The van der Waals surface area contributed by atoms with Gasteiger partial charge in [-0.2, -0.15) is 10.4 Å². The van der Waals surface area contributed by atoms with E-state index in [-0.39, 0.29) is 30.5 Å². The number of carbonyl (C=O) groups is 1. The number of piperazine rings is 1. The Kier molecular flexibility index (Phi) is 8.20. The monoisotopic (exact) mass is 488 g/mol. The third-order valence-electron chi connectivity index (χ3n) is 6.12. The van der Waals surface area contributed by atoms with Crippen molar-refractivity contribution in [2.75, 3.05) is 49.6 Å². The van der Waals surface area contributed by atoms with Crippen LogP contribution in [0.15, 0.2) is 53.8 Å². The van der Waals surface area contributed by atoms with E-state index in [2.05, 4.69) is 36.5 Å². The van der Waals surface area contributed by atoms with Crippen LogP contribution in [0, 0.1) is 18.3 Å². The third kappa shape index (κ3) is 6.22. The Bertz CT molecular complexity index is 1250. The molecule has 11 heteroatoms. The van der Waals surface area contributed by atoms with Crippen LogP contribution in [-0.2, 0) is 9.53 Å². The molecule has 3 aromatic heterocycles. The first-order chi connectivity index (χ1) is 17.5. The second-order valence-electron chi connectivity index (χ2n) is 8.42. The second kappa shape index (κ2) is 11.9. The molecule has 0 saturated carbocycles. The van der Waals surface area contributed by atoms with Gasteiger partial charge in [0.2, 0.25) is 5.91 Å². The number of nitrogens with one attached hydrogen (secondary N) is 2. The van der Waals surface area contributed by atoms with Crippen molar-refractivity contribution in [2.24, 2.45) is 0 Å². The van der Waals surface area contributed by atoms with E-state index in [1.165, 1.54) is 0 Å². The number of rotatable bonds is 9. The van der Waals surface area contributed by atoms with E-state index in [0.717, 1.165) is 11.4 Å². The summed E-state index contributed by atoms with van der Waals surface area (Å²) in [5, 5.41) is 18.5. The molecule has 36 heavy (non-hydrogen) atoms. The van der Waals surface area contributed by atoms with E-state index in [4.69, 9.17) is 10.00 Å². The Morgan fingerprint density at radius 1 is 1.19 bits per heavy atom. The third-order valence-corrected chi connectivity index (χ3v) is 6.12. The highest BCUT2D eigenvalue weighted by Gasteiger charge is 2.22. The molecular formula is C25H28N8O3. The lowest BCUT2D eigenvalue weighted by atomic mass is 10.1. The lowest BCUT2D eigenvalue weighted by molar-refractivity contribution is -0.132. The summed E-state index contributed by atoms with van der Waals surface area (Å²) in [5.41, 5.74) is 2.38. The Labute approximate surface area is 208 Å². The molecule has 0 unspecified atom stereocenters. The molecule has 1 saturated heterocycles. The van der Waals surface area contributed by atoms with Crippen molar-refractivity contribution in [3.63, 3.8) is 0 Å². The second-order valence-corrected chi connectivity index (χ2v) is 8.42. The number of H-pyrrole nitrogens is 1. The highest BCUT2D eigenvalue weighted by molar-refractivity contribution is 5.76. The first-order valence-electron chi connectivity index (χ1n) is 11.7. The number of nitrogens with zero attached hydrogens (tertiary/aromatic N) is 6. The Hall–Kier alpha value is -4.30. The first-order valence-corrected chi connectivity index (χ1v) is 11.7. The molecule has 0 aromatic carbocycles. The molecule has 0 radical (unpaired) electrons. The van der Waals surface area contributed by atoms with Crippen LogP contribution in [0.4, 0.5) is 11.5 Å². The van der Waals surface area contributed by atoms with E-state index in [0.29, 0.717) is 49.6 Å². The van der Waals surface area contributed by atoms with Crippen LogP contribution in [0.25, 0.3) is 0 Å². The van der Waals surface area contributed by atoms with Crippen LogP contribution in [0.1, 0.15) is 29.2 Å². The summed E-state index contributed by atoms with van der Waals surface area (Å²) in [6, 6.07) is 9.17. The molecule has 1 aliphatic heterocycles. The van der Waals surface area contributed by atoms with Gasteiger partial charge >= 0.3 is 0 Å². The standard InChI is InChI=1S/C25H28N8O3/c1-18-21(16-29-31-25(18)35)30-22(20-4-7-27-8-5-20)17-36-13-6-24(34)33-11-9-32(10-12-33)23-3-2-19(14-26)15-28-23/h2-5,7-8,15-16,22H,6,9-13,17H2,1H3,(H2,30,31,35)/t22-/m1/s1. The van der Waals surface area contributed by atoms with Crippen molar-refractivity contribution < 1.29 is 9.53 Å². The van der Waals surface area contributed by atoms with E-state index < -0.39 is 0 Å². The van der Waals surface area contributed by atoms with Gasteiger partial charge in [0, 0.05) is 50.3 Å². The summed E-state index contributed by atoms with van der Waals surface area (Å²) in [5.74, 6) is 0.857. The van der Waals surface area contributed by atoms with Crippen molar-refractivity contribution in [1.29, 1.82) is 5.26 Å². The molecule has 0 bridgehead atoms. The minimum absolute atomic E-state index is 0.0468. The molecule has 0 spiro atoms. The number of amides is 1. The molecule has 1 aliphatic rings. The number of aromatic nitrogens is 4. The van der Waals surface area contributed by atoms with Gasteiger partial charge in [0.1, 0.15) is 11.9 Å². The minimum atomic E-state index is -0.255. The fourth-order valence-electron chi connectivity index (χ4n) is 3.95. The molecular weight excluding hydrogens is 460 g/mol. The molecule has 1 amide bonds. The van der Waals surface area contributed by atoms with Crippen molar-refractivity contribution in [1.82, 2.24) is 25.1 Å². The molecule has 3 aromatic rings. The Morgan fingerprint density at radius 3 is 2.67 bits per heavy atom. The quantitative estimate of drug-likeness (QED) is 0.430. The first kappa shape index (κ1) is 24.8. The van der Waals surface area contributed by atoms with E-state index in [9.17, 15) is 9.59 Å². The number of hydrogen-bond donors (Lipinski definition) is 2. The van der Waals surface area contributed by atoms with Gasteiger partial charge in [-0.15, -0.1) is 0 Å². The SMILES string of the molecule is Cc1c(N[C@H](COCCC(=O)N2CCN(c3ccc(C#N)cn3)CC2)c2ccncc2)cn[nH]c1=O. The normalized spacial score (nSPS) is 14.2. The van der Waals surface area contributed by atoms with Crippen molar-refractivity contribution in [3.8, 4) is 6.07 Å². The Morgan fingerprint density at radius 2 is 1.97 bits per heavy atom. The van der Waals surface area contributed by atoms with Gasteiger partial charge in [-0.1, -0.05) is 0 Å². The summed E-state index contributed by atoms with van der Waals surface area (Å²) in [6.45, 7) is 4.90. The van der Waals surface area contributed by atoms with Crippen LogP contribution in [0.5, 0.6) is 0 Å². The van der Waals surface area contributed by atoms with Crippen molar-refractivity contribution in [3.05, 3.63) is 76.1 Å². The number of pyridine rings is 2. The molecule has 11 nitrogen and oxygen atoms in total. The van der Waals surface area contributed by atoms with Gasteiger partial charge < -0.3 is 19.9 Å². The summed E-state index contributed by atoms with van der Waals surface area (Å²) in [7, 11) is 0. The molecule has 4 heterocycles. The molecule has 4 rings (SSSR count). The zero-order valence-corrected chi connectivity index (χ0v) is 20.1. The van der Waals surface area contributed by atoms with Crippen LogP contribution in [0.3, 0.4) is 0 Å². The van der Waals surface area contributed by atoms with Crippen LogP contribution in [0.2, 0.25) is 0 Å². The molecule has 1 fully saturated rings. The smallest absolute Gasteiger partial charge is 0.269 e. The maximum atomic E-state index is 12.7. The predicted molar refractivity (Wildman–Crippen MR) is 133 cm³/mol. The van der Waals surface area contributed by atoms with Crippen LogP contribution in [-0.4, -0.2) is 70.4 Å². The van der Waals surface area contributed by atoms with Gasteiger partial charge in [-0.25, -0.2) is 10.1 Å². The fraction of sp³-hybridized carbons (Fsp3) is 0.360. The average Bonchev–Trinajstić information content (AvgIpc) is 2.93. The highest BCUT2D eigenvalue weighted by atomic mass is 16.5. The van der Waals surface area contributed by atoms with Crippen molar-refractivity contribution >= 4 is 17.4 Å². The Balaban J connectivity index is 1.26. The summed E-state index contributed by atoms with van der Waals surface area (Å²) < 4.78 is 5.88. The van der Waals surface area contributed by atoms with Gasteiger partial charge in [0.15, 0.2) is 0 Å². The van der Waals surface area contributed by atoms with Gasteiger partial charge in [0.25, 0.3) is 5.56 Å². The molecule has 2 N–H and O–H groups in total. The number of carbonyl (C=O) groups excluding carboxylic acids is 1. The predicted octanol–water partition coefficient (Wildman–Crippen LogP) is 1.65. The van der Waals surface area contributed by atoms with Gasteiger partial charge in [0.05, 0.1) is 43.1 Å². The average molecular weight is 489 g/mol. The minimum Gasteiger partial charge on any atom is -0.378 e. The summed E-state index contributed by atoms with van der Waals surface area (Å²) in [4.78, 5) is 37.0. The lowest BCUT2D eigenvalue weighted by Crippen LogP contribution is -2.49. The number of hydrogen-bond acceptors (Lipinski definition) is 9. The maximum Gasteiger partial charge on any atom is 0.269 e. The number of ether oxygens (including phenoxy) is 1. The van der Waals surface area contributed by atoms with Crippen molar-refractivity contribution in [2.45, 2.75) is 19.4 Å². The molecule has 1 atom stereocenters. The lowest BCUT2D eigenvalue weighted by Gasteiger charge is -2.35. The number of aromatic amines is 1. The zero-order valence-electron chi connectivity index (χ0n) is 20.1. The molecule has 0 aliphatic carbocycles.